The topological polar surface area (TPSA) is 29.0 Å². The number of fused-ring (bicyclic) bond motifs is 1. The van der Waals surface area contributed by atoms with Crippen LogP contribution in [0.5, 0.6) is 0 Å². The molecular weight excluding hydrogens is 350 g/mol. The van der Waals surface area contributed by atoms with E-state index in [0.29, 0.717) is 5.04 Å². The number of rotatable bonds is 3. The second-order valence-electron chi connectivity index (χ2n) is 7.98. The lowest BCUT2D eigenvalue weighted by atomic mass is 10.2. The van der Waals surface area contributed by atoms with Gasteiger partial charge >= 0.3 is 0 Å². The third-order valence-electron chi connectivity index (χ3n) is 5.09. The number of hydrogen-bond donors (Lipinski definition) is 0. The first-order valence-corrected chi connectivity index (χ1v) is 12.8. The number of benzene rings is 1. The van der Waals surface area contributed by atoms with E-state index in [4.69, 9.17) is 9.97 Å². The monoisotopic (exact) mass is 375 g/mol. The summed E-state index contributed by atoms with van der Waals surface area (Å²) in [5, 5.41) is 5.94. The Labute approximate surface area is 153 Å². The van der Waals surface area contributed by atoms with Crippen molar-refractivity contribution in [1.82, 2.24) is 9.97 Å². The van der Waals surface area contributed by atoms with E-state index in [1.807, 2.05) is 0 Å². The number of anilines is 1. The molecule has 3 aromatic rings. The van der Waals surface area contributed by atoms with Gasteiger partial charge in [0, 0.05) is 30.5 Å². The van der Waals surface area contributed by atoms with Crippen molar-refractivity contribution in [2.24, 2.45) is 0 Å². The van der Waals surface area contributed by atoms with Crippen LogP contribution in [0, 0.1) is 0 Å². The fourth-order valence-electron chi connectivity index (χ4n) is 2.33. The van der Waals surface area contributed by atoms with Crippen molar-refractivity contribution in [3.8, 4) is 10.0 Å². The molecule has 0 radical (unpaired) electrons. The third kappa shape index (κ3) is 3.02. The summed E-state index contributed by atoms with van der Waals surface area (Å²) in [6.45, 7) is 11.8. The van der Waals surface area contributed by atoms with Gasteiger partial charge in [-0.15, -0.1) is 22.7 Å². The zero-order valence-electron chi connectivity index (χ0n) is 15.5. The number of aromatic nitrogens is 2. The molecule has 2 heterocycles. The van der Waals surface area contributed by atoms with E-state index in [-0.39, 0.29) is 0 Å². The van der Waals surface area contributed by atoms with Crippen molar-refractivity contribution in [2.75, 3.05) is 19.0 Å². The molecule has 0 unspecified atom stereocenters. The quantitative estimate of drug-likeness (QED) is 0.589. The van der Waals surface area contributed by atoms with Crippen molar-refractivity contribution < 1.29 is 0 Å². The van der Waals surface area contributed by atoms with Crippen LogP contribution in [0.25, 0.3) is 20.2 Å². The molecule has 0 saturated carbocycles. The Bertz CT molecular complexity index is 872. The van der Waals surface area contributed by atoms with Crippen molar-refractivity contribution >= 4 is 52.0 Å². The minimum absolute atomic E-state index is 0.298. The second-order valence-corrected chi connectivity index (χ2v) is 15.1. The first-order valence-electron chi connectivity index (χ1n) is 8.14. The molecule has 6 heteroatoms. The molecule has 0 aliphatic carbocycles. The predicted octanol–water partition coefficient (Wildman–Crippen LogP) is 5.20. The maximum atomic E-state index is 4.99. The number of hydrogen-bond acceptors (Lipinski definition) is 5. The van der Waals surface area contributed by atoms with E-state index in [2.05, 4.69) is 76.4 Å². The van der Waals surface area contributed by atoms with Gasteiger partial charge in [0.05, 0.1) is 10.2 Å². The molecule has 0 aliphatic rings. The average Bonchev–Trinajstić information content (AvgIpc) is 3.11. The summed E-state index contributed by atoms with van der Waals surface area (Å²) in [6.07, 6.45) is 0. The molecular formula is C18H25N3S2Si. The minimum Gasteiger partial charge on any atom is -0.378 e. The SMILES string of the molecule is CN(C)c1ccc2nc(-c3nc([Si](C)(C)C(C)(C)C)cs3)sc2c1. The molecule has 1 aromatic carbocycles. The third-order valence-corrected chi connectivity index (χ3v) is 12.6. The Hall–Kier alpha value is -1.24. The molecule has 0 N–H and O–H groups in total. The standard InChI is InChI=1S/C18H25N3S2Si/c1-18(2,3)24(6,7)15-11-22-16(20-15)17-19-13-9-8-12(21(4)5)10-14(13)23-17/h8-11H,1-7H3. The Morgan fingerprint density at radius 3 is 2.38 bits per heavy atom. The highest BCUT2D eigenvalue weighted by atomic mass is 32.1. The van der Waals surface area contributed by atoms with Gasteiger partial charge in [-0.1, -0.05) is 33.9 Å². The molecule has 3 nitrogen and oxygen atoms in total. The van der Waals surface area contributed by atoms with E-state index in [1.54, 1.807) is 22.7 Å². The van der Waals surface area contributed by atoms with Crippen molar-refractivity contribution in [3.63, 3.8) is 0 Å². The van der Waals surface area contributed by atoms with Crippen molar-refractivity contribution in [2.45, 2.75) is 38.9 Å². The van der Waals surface area contributed by atoms with Gasteiger partial charge in [0.2, 0.25) is 0 Å². The van der Waals surface area contributed by atoms with E-state index in [9.17, 15) is 0 Å². The first kappa shape index (κ1) is 17.6. The summed E-state index contributed by atoms with van der Waals surface area (Å²) >= 11 is 3.47. The summed E-state index contributed by atoms with van der Waals surface area (Å²) < 4.78 is 1.22. The second kappa shape index (κ2) is 5.93. The van der Waals surface area contributed by atoms with Crippen LogP contribution in [-0.4, -0.2) is 32.1 Å². The highest BCUT2D eigenvalue weighted by molar-refractivity contribution is 7.25. The maximum Gasteiger partial charge on any atom is 0.153 e. The summed E-state index contributed by atoms with van der Waals surface area (Å²) in [5.41, 5.74) is 2.27. The van der Waals surface area contributed by atoms with Gasteiger partial charge in [-0.2, -0.15) is 0 Å². The van der Waals surface area contributed by atoms with Crippen LogP contribution in [0.4, 0.5) is 5.69 Å². The van der Waals surface area contributed by atoms with Crippen molar-refractivity contribution in [1.29, 1.82) is 0 Å². The van der Waals surface area contributed by atoms with E-state index in [0.717, 1.165) is 15.5 Å². The molecule has 0 spiro atoms. The Morgan fingerprint density at radius 2 is 1.75 bits per heavy atom. The largest absolute Gasteiger partial charge is 0.378 e. The minimum atomic E-state index is -1.59. The Balaban J connectivity index is 2.00. The summed E-state index contributed by atoms with van der Waals surface area (Å²) in [5.74, 6) is 0. The average molecular weight is 376 g/mol. The molecule has 0 amide bonds. The summed E-state index contributed by atoms with van der Waals surface area (Å²) in [7, 11) is 2.54. The lowest BCUT2D eigenvalue weighted by Crippen LogP contribution is -2.50. The zero-order valence-corrected chi connectivity index (χ0v) is 18.1. The molecule has 2 aromatic heterocycles. The van der Waals surface area contributed by atoms with E-state index >= 15 is 0 Å². The predicted molar refractivity (Wildman–Crippen MR) is 112 cm³/mol. The van der Waals surface area contributed by atoms with Gasteiger partial charge in [0.1, 0.15) is 8.07 Å². The van der Waals surface area contributed by atoms with Crippen LogP contribution >= 0.6 is 22.7 Å². The van der Waals surface area contributed by atoms with E-state index < -0.39 is 8.07 Å². The van der Waals surface area contributed by atoms with Gasteiger partial charge in [-0.3, -0.25) is 0 Å². The zero-order chi connectivity index (χ0) is 17.7. The molecule has 0 fully saturated rings. The molecule has 3 rings (SSSR count). The highest BCUT2D eigenvalue weighted by Gasteiger charge is 2.39. The normalized spacial score (nSPS) is 12.8. The fraction of sp³-hybridized carbons (Fsp3) is 0.444. The molecule has 128 valence electrons. The van der Waals surface area contributed by atoms with Crippen LogP contribution in [0.3, 0.4) is 0 Å². The summed E-state index contributed by atoms with van der Waals surface area (Å²) in [6, 6.07) is 6.43. The van der Waals surface area contributed by atoms with Gasteiger partial charge in [0.15, 0.2) is 10.0 Å². The molecule has 0 saturated heterocycles. The lowest BCUT2D eigenvalue weighted by Gasteiger charge is -2.35. The smallest absolute Gasteiger partial charge is 0.153 e. The maximum absolute atomic E-state index is 4.99. The molecule has 0 bridgehead atoms. The van der Waals surface area contributed by atoms with Gasteiger partial charge in [0.25, 0.3) is 0 Å². The molecule has 0 atom stereocenters. The van der Waals surface area contributed by atoms with E-state index in [1.165, 1.54) is 15.7 Å². The lowest BCUT2D eigenvalue weighted by molar-refractivity contribution is 0.728. The van der Waals surface area contributed by atoms with Crippen LogP contribution < -0.4 is 10.2 Å². The van der Waals surface area contributed by atoms with Crippen LogP contribution in [0.15, 0.2) is 23.6 Å². The number of thiazole rings is 2. The Morgan fingerprint density at radius 1 is 1.04 bits per heavy atom. The highest BCUT2D eigenvalue weighted by Crippen LogP contribution is 2.37. The van der Waals surface area contributed by atoms with Gasteiger partial charge < -0.3 is 4.90 Å². The molecule has 0 aliphatic heterocycles. The summed E-state index contributed by atoms with van der Waals surface area (Å²) in [4.78, 5) is 11.9. The van der Waals surface area contributed by atoms with Gasteiger partial charge in [-0.05, 0) is 23.2 Å². The Kier molecular flexibility index (Phi) is 4.34. The van der Waals surface area contributed by atoms with Crippen molar-refractivity contribution in [3.05, 3.63) is 23.6 Å². The van der Waals surface area contributed by atoms with Crippen LogP contribution in [-0.2, 0) is 0 Å². The fourth-order valence-corrected chi connectivity index (χ4v) is 6.65. The van der Waals surface area contributed by atoms with Gasteiger partial charge in [-0.25, -0.2) is 9.97 Å². The van der Waals surface area contributed by atoms with Crippen LogP contribution in [0.2, 0.25) is 18.1 Å². The number of nitrogens with zero attached hydrogens (tertiary/aromatic N) is 3. The first-order chi connectivity index (χ1) is 11.1. The van der Waals surface area contributed by atoms with Crippen LogP contribution in [0.1, 0.15) is 20.8 Å². The molecule has 24 heavy (non-hydrogen) atoms.